The van der Waals surface area contributed by atoms with Gasteiger partial charge in [-0.1, -0.05) is 6.92 Å². The van der Waals surface area contributed by atoms with Gasteiger partial charge < -0.3 is 16.0 Å². The number of nitrogens with two attached hydrogens (primary N) is 1. The Morgan fingerprint density at radius 2 is 2.11 bits per heavy atom. The van der Waals surface area contributed by atoms with E-state index in [1.807, 2.05) is 6.92 Å². The van der Waals surface area contributed by atoms with Crippen molar-refractivity contribution in [3.8, 4) is 0 Å². The fourth-order valence-electron chi connectivity index (χ4n) is 3.34. The van der Waals surface area contributed by atoms with Crippen molar-refractivity contribution in [2.45, 2.75) is 45.1 Å². The average molecular weight is 253 g/mol. The highest BCUT2D eigenvalue weighted by Gasteiger charge is 2.46. The molecule has 102 valence electrons. The first-order chi connectivity index (χ1) is 8.60. The van der Waals surface area contributed by atoms with E-state index in [0.717, 1.165) is 38.8 Å². The van der Waals surface area contributed by atoms with E-state index in [1.54, 1.807) is 4.90 Å². The second kappa shape index (κ2) is 5.26. The molecular weight excluding hydrogens is 230 g/mol. The molecule has 2 amide bonds. The molecule has 1 spiro atoms. The van der Waals surface area contributed by atoms with Gasteiger partial charge in [-0.2, -0.15) is 0 Å². The van der Waals surface area contributed by atoms with E-state index in [2.05, 4.69) is 5.32 Å². The summed E-state index contributed by atoms with van der Waals surface area (Å²) in [6.45, 7) is 4.38. The summed E-state index contributed by atoms with van der Waals surface area (Å²) in [5.74, 6) is -0.224. The highest BCUT2D eigenvalue weighted by Crippen LogP contribution is 2.40. The Morgan fingerprint density at radius 3 is 2.67 bits per heavy atom. The van der Waals surface area contributed by atoms with Crippen molar-refractivity contribution in [3.63, 3.8) is 0 Å². The van der Waals surface area contributed by atoms with Crippen LogP contribution in [0.5, 0.6) is 0 Å². The molecule has 3 N–H and O–H groups in total. The van der Waals surface area contributed by atoms with E-state index < -0.39 is 6.04 Å². The molecule has 2 aliphatic heterocycles. The Bertz CT molecular complexity index is 332. The lowest BCUT2D eigenvalue weighted by atomic mass is 9.71. The van der Waals surface area contributed by atoms with Crippen LogP contribution in [0.25, 0.3) is 0 Å². The van der Waals surface area contributed by atoms with E-state index in [0.29, 0.717) is 13.0 Å². The molecule has 0 saturated carbocycles. The van der Waals surface area contributed by atoms with E-state index >= 15 is 0 Å². The van der Waals surface area contributed by atoms with Crippen molar-refractivity contribution in [1.29, 1.82) is 0 Å². The van der Waals surface area contributed by atoms with Crippen molar-refractivity contribution in [3.05, 3.63) is 0 Å². The SMILES string of the molecule is CCC(C(N)=O)N1CCCC2(CCNCC2)C1=O. The van der Waals surface area contributed by atoms with Crippen LogP contribution >= 0.6 is 0 Å². The Kier molecular flexibility index (Phi) is 3.90. The van der Waals surface area contributed by atoms with Gasteiger partial charge in [0.15, 0.2) is 0 Å². The Labute approximate surface area is 108 Å². The quantitative estimate of drug-likeness (QED) is 0.756. The third-order valence-corrected chi connectivity index (χ3v) is 4.42. The van der Waals surface area contributed by atoms with Crippen molar-refractivity contribution in [2.24, 2.45) is 11.1 Å². The number of hydrogen-bond donors (Lipinski definition) is 2. The van der Waals surface area contributed by atoms with E-state index in [4.69, 9.17) is 5.73 Å². The first-order valence-corrected chi connectivity index (χ1v) is 6.92. The van der Waals surface area contributed by atoms with Gasteiger partial charge in [0.1, 0.15) is 6.04 Å². The maximum atomic E-state index is 12.7. The maximum Gasteiger partial charge on any atom is 0.240 e. The van der Waals surface area contributed by atoms with Gasteiger partial charge in [-0.25, -0.2) is 0 Å². The molecule has 0 aromatic heterocycles. The zero-order chi connectivity index (χ0) is 13.2. The van der Waals surface area contributed by atoms with Gasteiger partial charge in [0.25, 0.3) is 0 Å². The predicted molar refractivity (Wildman–Crippen MR) is 68.8 cm³/mol. The molecule has 0 aromatic carbocycles. The Hall–Kier alpha value is -1.10. The van der Waals surface area contributed by atoms with Crippen molar-refractivity contribution < 1.29 is 9.59 Å². The summed E-state index contributed by atoms with van der Waals surface area (Å²) < 4.78 is 0. The van der Waals surface area contributed by atoms with Gasteiger partial charge >= 0.3 is 0 Å². The third-order valence-electron chi connectivity index (χ3n) is 4.42. The van der Waals surface area contributed by atoms with E-state index in [1.165, 1.54) is 0 Å². The molecule has 0 aromatic rings. The highest BCUT2D eigenvalue weighted by molar-refractivity contribution is 5.90. The number of rotatable bonds is 3. The monoisotopic (exact) mass is 253 g/mol. The van der Waals surface area contributed by atoms with Crippen LogP contribution in [0.2, 0.25) is 0 Å². The van der Waals surface area contributed by atoms with Gasteiger partial charge in [-0.05, 0) is 45.2 Å². The van der Waals surface area contributed by atoms with Crippen LogP contribution in [0.3, 0.4) is 0 Å². The molecule has 1 atom stereocenters. The number of primary amides is 1. The summed E-state index contributed by atoms with van der Waals surface area (Å²) >= 11 is 0. The summed E-state index contributed by atoms with van der Waals surface area (Å²) in [7, 11) is 0. The number of piperidine rings is 2. The number of likely N-dealkylation sites (tertiary alicyclic amines) is 1. The van der Waals surface area contributed by atoms with Crippen LogP contribution in [0.1, 0.15) is 39.0 Å². The number of nitrogens with one attached hydrogen (secondary N) is 1. The fraction of sp³-hybridized carbons (Fsp3) is 0.846. The number of carbonyl (C=O) groups is 2. The van der Waals surface area contributed by atoms with Crippen LogP contribution in [0.15, 0.2) is 0 Å². The van der Waals surface area contributed by atoms with E-state index in [9.17, 15) is 9.59 Å². The normalized spacial score (nSPS) is 25.2. The molecule has 2 saturated heterocycles. The lowest BCUT2D eigenvalue weighted by Crippen LogP contribution is -2.58. The molecule has 0 aliphatic carbocycles. The lowest BCUT2D eigenvalue weighted by molar-refractivity contribution is -0.154. The van der Waals surface area contributed by atoms with Crippen molar-refractivity contribution in [2.75, 3.05) is 19.6 Å². The summed E-state index contributed by atoms with van der Waals surface area (Å²) in [6.07, 6.45) is 4.32. The van der Waals surface area contributed by atoms with Crippen LogP contribution in [0, 0.1) is 5.41 Å². The largest absolute Gasteiger partial charge is 0.368 e. The topological polar surface area (TPSA) is 75.4 Å². The molecule has 0 radical (unpaired) electrons. The Morgan fingerprint density at radius 1 is 1.44 bits per heavy atom. The van der Waals surface area contributed by atoms with Crippen LogP contribution in [-0.4, -0.2) is 42.4 Å². The smallest absolute Gasteiger partial charge is 0.240 e. The van der Waals surface area contributed by atoms with Crippen molar-refractivity contribution in [1.82, 2.24) is 10.2 Å². The molecule has 2 aliphatic rings. The zero-order valence-electron chi connectivity index (χ0n) is 11.1. The fourth-order valence-corrected chi connectivity index (χ4v) is 3.34. The van der Waals surface area contributed by atoms with Crippen LogP contribution in [0.4, 0.5) is 0 Å². The highest BCUT2D eigenvalue weighted by atomic mass is 16.2. The van der Waals surface area contributed by atoms with E-state index in [-0.39, 0.29) is 17.2 Å². The van der Waals surface area contributed by atoms with Crippen LogP contribution < -0.4 is 11.1 Å². The molecule has 2 fully saturated rings. The number of hydrogen-bond acceptors (Lipinski definition) is 3. The number of nitrogens with zero attached hydrogens (tertiary/aromatic N) is 1. The predicted octanol–water partition coefficient (Wildman–Crippen LogP) is 0.243. The molecular formula is C13H23N3O2. The second-order valence-electron chi connectivity index (χ2n) is 5.46. The minimum atomic E-state index is -0.426. The molecule has 0 bridgehead atoms. The van der Waals surface area contributed by atoms with Gasteiger partial charge in [0, 0.05) is 6.54 Å². The third kappa shape index (κ3) is 2.23. The summed E-state index contributed by atoms with van der Waals surface area (Å²) in [6, 6.07) is -0.426. The molecule has 5 heteroatoms. The van der Waals surface area contributed by atoms with Gasteiger partial charge in [0.05, 0.1) is 5.41 Å². The number of amides is 2. The maximum absolute atomic E-state index is 12.7. The van der Waals surface area contributed by atoms with Crippen molar-refractivity contribution >= 4 is 11.8 Å². The summed E-state index contributed by atoms with van der Waals surface area (Å²) in [5, 5.41) is 3.30. The first kappa shape index (κ1) is 13.3. The minimum Gasteiger partial charge on any atom is -0.368 e. The lowest BCUT2D eigenvalue weighted by Gasteiger charge is -2.46. The minimum absolute atomic E-state index is 0.154. The van der Waals surface area contributed by atoms with Gasteiger partial charge in [0.2, 0.25) is 11.8 Å². The first-order valence-electron chi connectivity index (χ1n) is 6.92. The van der Waals surface area contributed by atoms with Crippen LogP contribution in [-0.2, 0) is 9.59 Å². The summed E-state index contributed by atoms with van der Waals surface area (Å²) in [4.78, 5) is 25.9. The second-order valence-corrected chi connectivity index (χ2v) is 5.46. The molecule has 18 heavy (non-hydrogen) atoms. The van der Waals surface area contributed by atoms with Gasteiger partial charge in [-0.3, -0.25) is 9.59 Å². The molecule has 2 rings (SSSR count). The standard InChI is InChI=1S/C13H23N3O2/c1-2-10(11(14)17)16-9-3-4-13(12(16)18)5-7-15-8-6-13/h10,15H,2-9H2,1H3,(H2,14,17). The Balaban J connectivity index is 2.18. The molecule has 1 unspecified atom stereocenters. The number of carbonyl (C=O) groups excluding carboxylic acids is 2. The zero-order valence-corrected chi connectivity index (χ0v) is 11.1. The summed E-state index contributed by atoms with van der Waals surface area (Å²) in [5.41, 5.74) is 5.18. The average Bonchev–Trinajstić information content (AvgIpc) is 2.36. The van der Waals surface area contributed by atoms with Gasteiger partial charge in [-0.15, -0.1) is 0 Å². The molecule has 5 nitrogen and oxygen atoms in total. The molecule has 2 heterocycles.